The summed E-state index contributed by atoms with van der Waals surface area (Å²) in [7, 11) is -2.13. The SMILES string of the molecule is C=CS(=O)(=O)N(c1ccc(Oc2ccc(C)cc2F)c(-c2cc(CC)c(=O)n(C)c2)c1)C(C)C. The van der Waals surface area contributed by atoms with E-state index < -0.39 is 15.8 Å². The molecule has 0 atom stereocenters. The van der Waals surface area contributed by atoms with E-state index in [-0.39, 0.29) is 17.4 Å². The molecule has 3 aromatic rings. The quantitative estimate of drug-likeness (QED) is 0.421. The highest BCUT2D eigenvalue weighted by atomic mass is 32.2. The second kappa shape index (κ2) is 9.85. The largest absolute Gasteiger partial charge is 0.454 e. The van der Waals surface area contributed by atoms with E-state index in [4.69, 9.17) is 4.74 Å². The first-order valence-electron chi connectivity index (χ1n) is 10.9. The maximum atomic E-state index is 14.6. The molecule has 0 saturated heterocycles. The van der Waals surface area contributed by atoms with Gasteiger partial charge in [0.05, 0.1) is 5.69 Å². The molecule has 0 radical (unpaired) electrons. The Morgan fingerprint density at radius 3 is 2.41 bits per heavy atom. The summed E-state index contributed by atoms with van der Waals surface area (Å²) >= 11 is 0. The average molecular weight is 485 g/mol. The van der Waals surface area contributed by atoms with Gasteiger partial charge in [-0.15, -0.1) is 0 Å². The van der Waals surface area contributed by atoms with Crippen LogP contribution in [0.5, 0.6) is 11.5 Å². The first-order valence-corrected chi connectivity index (χ1v) is 12.4. The Labute approximate surface area is 200 Å². The van der Waals surface area contributed by atoms with Gasteiger partial charge in [0.15, 0.2) is 11.6 Å². The number of ether oxygens (including phenoxy) is 1. The number of halogens is 1. The predicted octanol–water partition coefficient (Wildman–Crippen LogP) is 5.54. The topological polar surface area (TPSA) is 68.6 Å². The van der Waals surface area contributed by atoms with Crippen molar-refractivity contribution in [2.24, 2.45) is 7.05 Å². The first-order chi connectivity index (χ1) is 16.0. The van der Waals surface area contributed by atoms with Crippen LogP contribution in [0.1, 0.15) is 31.9 Å². The molecule has 0 aliphatic carbocycles. The van der Waals surface area contributed by atoms with Crippen LogP contribution < -0.4 is 14.6 Å². The number of anilines is 1. The normalized spacial score (nSPS) is 11.5. The lowest BCUT2D eigenvalue weighted by atomic mass is 10.0. The monoisotopic (exact) mass is 484 g/mol. The molecule has 0 spiro atoms. The molecular weight excluding hydrogens is 455 g/mol. The highest BCUT2D eigenvalue weighted by Crippen LogP contribution is 2.38. The minimum atomic E-state index is -3.78. The summed E-state index contributed by atoms with van der Waals surface area (Å²) in [6.07, 6.45) is 2.17. The Morgan fingerprint density at radius 1 is 1.15 bits per heavy atom. The van der Waals surface area contributed by atoms with E-state index in [2.05, 4.69) is 6.58 Å². The minimum absolute atomic E-state index is 0.0413. The second-order valence-electron chi connectivity index (χ2n) is 8.34. The molecule has 1 aromatic heterocycles. The molecule has 8 heteroatoms. The molecule has 180 valence electrons. The summed E-state index contributed by atoms with van der Waals surface area (Å²) < 4.78 is 48.7. The Hall–Kier alpha value is -3.39. The molecule has 1 heterocycles. The molecule has 3 rings (SSSR count). The maximum absolute atomic E-state index is 14.6. The van der Waals surface area contributed by atoms with Gasteiger partial charge >= 0.3 is 0 Å². The lowest BCUT2D eigenvalue weighted by molar-refractivity contribution is 0.443. The highest BCUT2D eigenvalue weighted by Gasteiger charge is 2.24. The number of sulfonamides is 1. The van der Waals surface area contributed by atoms with Crippen LogP contribution in [0.25, 0.3) is 11.1 Å². The molecule has 0 saturated carbocycles. The number of nitrogens with zero attached hydrogens (tertiary/aromatic N) is 2. The van der Waals surface area contributed by atoms with Gasteiger partial charge in [-0.1, -0.05) is 19.6 Å². The zero-order chi connectivity index (χ0) is 25.2. The van der Waals surface area contributed by atoms with Crippen molar-refractivity contribution in [3.05, 3.63) is 87.9 Å². The summed E-state index contributed by atoms with van der Waals surface area (Å²) in [5.74, 6) is -0.144. The van der Waals surface area contributed by atoms with Gasteiger partial charge in [-0.25, -0.2) is 12.8 Å². The van der Waals surface area contributed by atoms with Gasteiger partial charge < -0.3 is 9.30 Å². The molecule has 6 nitrogen and oxygen atoms in total. The third-order valence-corrected chi connectivity index (χ3v) is 7.03. The van der Waals surface area contributed by atoms with Crippen LogP contribution >= 0.6 is 0 Å². The zero-order valence-corrected chi connectivity index (χ0v) is 20.8. The Kier molecular flexibility index (Phi) is 7.31. The van der Waals surface area contributed by atoms with Gasteiger partial charge in [-0.2, -0.15) is 0 Å². The standard InChI is InChI=1S/C26H29FN2O4S/c1-7-19-14-20(16-28(6)26(19)30)22-15-21(29(17(3)4)34(31,32)8-2)10-12-24(22)33-25-11-9-18(5)13-23(25)27/h8-17H,2,7H2,1,3-6H3. The van der Waals surface area contributed by atoms with E-state index in [1.807, 2.05) is 6.92 Å². The summed E-state index contributed by atoms with van der Waals surface area (Å²) in [4.78, 5) is 12.5. The van der Waals surface area contributed by atoms with Crippen LogP contribution in [-0.4, -0.2) is 19.0 Å². The number of hydrogen-bond acceptors (Lipinski definition) is 4. The fraction of sp³-hybridized carbons (Fsp3) is 0.269. The number of pyridine rings is 1. The molecule has 0 N–H and O–H groups in total. The number of benzene rings is 2. The smallest absolute Gasteiger partial charge is 0.257 e. The van der Waals surface area contributed by atoms with Crippen molar-refractivity contribution in [1.82, 2.24) is 4.57 Å². The van der Waals surface area contributed by atoms with E-state index in [9.17, 15) is 17.6 Å². The molecule has 0 amide bonds. The Bertz CT molecular complexity index is 1390. The van der Waals surface area contributed by atoms with Crippen molar-refractivity contribution in [1.29, 1.82) is 0 Å². The van der Waals surface area contributed by atoms with Crippen LogP contribution in [0.3, 0.4) is 0 Å². The van der Waals surface area contributed by atoms with Crippen molar-refractivity contribution in [3.63, 3.8) is 0 Å². The highest BCUT2D eigenvalue weighted by molar-refractivity contribution is 7.95. The van der Waals surface area contributed by atoms with Crippen LogP contribution in [0.2, 0.25) is 0 Å². The summed E-state index contributed by atoms with van der Waals surface area (Å²) in [6, 6.07) is 10.9. The van der Waals surface area contributed by atoms with Crippen LogP contribution in [0.4, 0.5) is 10.1 Å². The molecule has 34 heavy (non-hydrogen) atoms. The number of aromatic nitrogens is 1. The minimum Gasteiger partial charge on any atom is -0.454 e. The van der Waals surface area contributed by atoms with Gasteiger partial charge in [0.1, 0.15) is 5.75 Å². The Balaban J connectivity index is 2.27. The Morgan fingerprint density at radius 2 is 1.82 bits per heavy atom. The molecule has 0 unspecified atom stereocenters. The lowest BCUT2D eigenvalue weighted by Gasteiger charge is -2.27. The fourth-order valence-corrected chi connectivity index (χ4v) is 4.93. The van der Waals surface area contributed by atoms with Crippen LogP contribution in [0, 0.1) is 12.7 Å². The number of rotatable bonds is 8. The van der Waals surface area contributed by atoms with Crippen LogP contribution in [0.15, 0.2) is 65.4 Å². The summed E-state index contributed by atoms with van der Waals surface area (Å²) in [5.41, 5.74) is 2.79. The lowest BCUT2D eigenvalue weighted by Crippen LogP contribution is -2.35. The molecule has 0 aliphatic heterocycles. The van der Waals surface area contributed by atoms with E-state index >= 15 is 0 Å². The van der Waals surface area contributed by atoms with Crippen molar-refractivity contribution >= 4 is 15.7 Å². The summed E-state index contributed by atoms with van der Waals surface area (Å²) in [5, 5.41) is 0.903. The molecule has 0 fully saturated rings. The molecule has 2 aromatic carbocycles. The van der Waals surface area contributed by atoms with Crippen molar-refractivity contribution in [3.8, 4) is 22.6 Å². The molecular formula is C26H29FN2O4S. The molecule has 0 aliphatic rings. The van der Waals surface area contributed by atoms with E-state index in [1.165, 1.54) is 14.9 Å². The van der Waals surface area contributed by atoms with Gasteiger partial charge in [0.2, 0.25) is 0 Å². The fourth-order valence-electron chi connectivity index (χ4n) is 3.78. The third kappa shape index (κ3) is 5.07. The van der Waals surface area contributed by atoms with Crippen molar-refractivity contribution in [2.75, 3.05) is 4.31 Å². The van der Waals surface area contributed by atoms with Crippen LogP contribution in [-0.2, 0) is 23.5 Å². The van der Waals surface area contributed by atoms with E-state index in [0.717, 1.165) is 11.0 Å². The first kappa shape index (κ1) is 25.2. The zero-order valence-electron chi connectivity index (χ0n) is 20.0. The number of hydrogen-bond donors (Lipinski definition) is 0. The second-order valence-corrected chi connectivity index (χ2v) is 10.1. The number of aryl methyl sites for hydroxylation is 3. The van der Waals surface area contributed by atoms with Crippen molar-refractivity contribution in [2.45, 2.75) is 40.2 Å². The molecule has 0 bridgehead atoms. The van der Waals surface area contributed by atoms with E-state index in [1.54, 1.807) is 70.4 Å². The van der Waals surface area contributed by atoms with Gasteiger partial charge in [0.25, 0.3) is 15.6 Å². The predicted molar refractivity (Wildman–Crippen MR) is 134 cm³/mol. The van der Waals surface area contributed by atoms with Gasteiger partial charge in [-0.05, 0) is 69.2 Å². The van der Waals surface area contributed by atoms with Crippen molar-refractivity contribution < 1.29 is 17.5 Å². The van der Waals surface area contributed by atoms with Gasteiger partial charge in [-0.3, -0.25) is 9.10 Å². The van der Waals surface area contributed by atoms with Gasteiger partial charge in [0, 0.05) is 41.4 Å². The average Bonchev–Trinajstić information content (AvgIpc) is 2.78. The third-order valence-electron chi connectivity index (χ3n) is 5.43. The van der Waals surface area contributed by atoms with E-state index in [0.29, 0.717) is 34.5 Å². The summed E-state index contributed by atoms with van der Waals surface area (Å²) in [6.45, 7) is 10.6. The maximum Gasteiger partial charge on any atom is 0.257 e.